The number of carbonyl (C=O) groups excluding carboxylic acids is 1. The Labute approximate surface area is 161 Å². The van der Waals surface area contributed by atoms with Gasteiger partial charge in [-0.1, -0.05) is 19.2 Å². The van der Waals surface area contributed by atoms with Crippen molar-refractivity contribution < 1.29 is 22.7 Å². The van der Waals surface area contributed by atoms with E-state index in [1.165, 1.54) is 24.4 Å². The molecule has 0 fully saturated rings. The first-order valence-corrected chi connectivity index (χ1v) is 8.28. The predicted octanol–water partition coefficient (Wildman–Crippen LogP) is 5.17. The Morgan fingerprint density at radius 2 is 1.86 bits per heavy atom. The number of hydrogen-bond acceptors (Lipinski definition) is 3. The van der Waals surface area contributed by atoms with E-state index < -0.39 is 11.7 Å². The molecule has 2 aromatic carbocycles. The topological polar surface area (TPSA) is 50.7 Å². The normalized spacial score (nSPS) is 11.3. The number of aliphatic imine (C=N–C) groups is 1. The number of hydrogen-bond donors (Lipinski definition) is 1. The van der Waals surface area contributed by atoms with Crippen LogP contribution in [-0.4, -0.2) is 12.1 Å². The zero-order valence-electron chi connectivity index (χ0n) is 15.2. The lowest BCUT2D eigenvalue weighted by Crippen LogP contribution is -2.20. The van der Waals surface area contributed by atoms with Crippen molar-refractivity contribution in [2.24, 2.45) is 4.99 Å². The zero-order valence-corrected chi connectivity index (χ0v) is 15.2. The Balaban J connectivity index is 2.33. The van der Waals surface area contributed by atoms with Gasteiger partial charge in [0.15, 0.2) is 0 Å². The summed E-state index contributed by atoms with van der Waals surface area (Å²) in [4.78, 5) is 15.4. The maximum absolute atomic E-state index is 12.7. The molecule has 0 aliphatic rings. The minimum atomic E-state index is -4.41. The molecule has 0 atom stereocenters. The van der Waals surface area contributed by atoms with E-state index in [9.17, 15) is 18.0 Å². The summed E-state index contributed by atoms with van der Waals surface area (Å²) in [5, 5.41) is 2.69. The van der Waals surface area contributed by atoms with E-state index >= 15 is 0 Å². The number of nitrogens with one attached hydrogen (secondary N) is 1. The van der Waals surface area contributed by atoms with Crippen LogP contribution in [0.4, 0.5) is 13.2 Å². The van der Waals surface area contributed by atoms with E-state index in [0.717, 1.165) is 23.3 Å². The van der Waals surface area contributed by atoms with Gasteiger partial charge in [-0.05, 0) is 54.5 Å². The molecule has 28 heavy (non-hydrogen) atoms. The summed E-state index contributed by atoms with van der Waals surface area (Å²) >= 11 is 0. The molecular formula is C21H19F3N2O2. The van der Waals surface area contributed by atoms with Crippen molar-refractivity contribution in [1.29, 1.82) is 0 Å². The third kappa shape index (κ3) is 5.33. The molecule has 1 amide bonds. The van der Waals surface area contributed by atoms with Crippen molar-refractivity contribution in [1.82, 2.24) is 5.32 Å². The fourth-order valence-electron chi connectivity index (χ4n) is 2.41. The summed E-state index contributed by atoms with van der Waals surface area (Å²) in [6.07, 6.45) is -0.333. The molecule has 0 spiro atoms. The molecule has 0 unspecified atom stereocenters. The van der Waals surface area contributed by atoms with E-state index in [-0.39, 0.29) is 18.2 Å². The fraction of sp³-hybridized carbons (Fsp3) is 0.143. The van der Waals surface area contributed by atoms with E-state index in [1.807, 2.05) is 6.92 Å². The Bertz CT molecular complexity index is 901. The number of rotatable bonds is 7. The highest BCUT2D eigenvalue weighted by Crippen LogP contribution is 2.33. The Hall–Kier alpha value is -3.35. The highest BCUT2D eigenvalue weighted by molar-refractivity contribution is 5.88. The van der Waals surface area contributed by atoms with Crippen LogP contribution in [-0.2, 0) is 17.5 Å². The van der Waals surface area contributed by atoms with Crippen LogP contribution < -0.4 is 10.1 Å². The Morgan fingerprint density at radius 3 is 2.43 bits per heavy atom. The molecule has 0 bridgehead atoms. The lowest BCUT2D eigenvalue weighted by atomic mass is 10.0. The van der Waals surface area contributed by atoms with E-state index in [1.54, 1.807) is 18.3 Å². The van der Waals surface area contributed by atoms with Gasteiger partial charge >= 0.3 is 6.18 Å². The molecular weight excluding hydrogens is 369 g/mol. The molecule has 0 saturated heterocycles. The Morgan fingerprint density at radius 1 is 1.18 bits per heavy atom. The second-order valence-electron chi connectivity index (χ2n) is 5.77. The number of amides is 1. The second-order valence-corrected chi connectivity index (χ2v) is 5.77. The minimum Gasteiger partial charge on any atom is -0.457 e. The predicted molar refractivity (Wildman–Crippen MR) is 103 cm³/mol. The van der Waals surface area contributed by atoms with Crippen LogP contribution in [0.15, 0.2) is 66.8 Å². The van der Waals surface area contributed by atoms with Crippen LogP contribution in [0.25, 0.3) is 0 Å². The van der Waals surface area contributed by atoms with Crippen molar-refractivity contribution in [2.45, 2.75) is 19.6 Å². The van der Waals surface area contributed by atoms with Crippen molar-refractivity contribution in [3.8, 4) is 11.5 Å². The second kappa shape index (κ2) is 9.03. The molecule has 0 radical (unpaired) electrons. The number of halogens is 3. The summed E-state index contributed by atoms with van der Waals surface area (Å²) in [6, 6.07) is 7.86. The van der Waals surface area contributed by atoms with Crippen LogP contribution in [0, 0.1) is 6.92 Å². The van der Waals surface area contributed by atoms with Gasteiger partial charge in [-0.2, -0.15) is 13.2 Å². The largest absolute Gasteiger partial charge is 0.457 e. The van der Waals surface area contributed by atoms with Gasteiger partial charge in [0.2, 0.25) is 5.91 Å². The molecule has 0 aliphatic heterocycles. The molecule has 0 heterocycles. The lowest BCUT2D eigenvalue weighted by Gasteiger charge is -2.15. The van der Waals surface area contributed by atoms with Crippen LogP contribution in [0.1, 0.15) is 22.3 Å². The first-order valence-electron chi connectivity index (χ1n) is 8.28. The standard InChI is InChI=1S/C21H19F3N2O2/c1-4-20(27)26-12-15-6-11-19(18(14(15)3)13-25-5-2)28-17-9-7-16(8-10-17)21(22,23)24/h4-11,13H,1-2,12H2,3H3,(H,26,27). The smallest absolute Gasteiger partial charge is 0.416 e. The van der Waals surface area contributed by atoms with Gasteiger partial charge in [-0.25, -0.2) is 0 Å². The van der Waals surface area contributed by atoms with Crippen molar-refractivity contribution in [3.63, 3.8) is 0 Å². The zero-order chi connectivity index (χ0) is 20.7. The first kappa shape index (κ1) is 21.0. The van der Waals surface area contributed by atoms with Crippen molar-refractivity contribution in [3.05, 3.63) is 84.1 Å². The molecule has 0 saturated carbocycles. The quantitative estimate of drug-likeness (QED) is 0.525. The SMILES string of the molecule is C=CN=Cc1c(Oc2ccc(C(F)(F)F)cc2)ccc(CNC(=O)C=C)c1C. The van der Waals surface area contributed by atoms with E-state index in [2.05, 4.69) is 23.5 Å². The summed E-state index contributed by atoms with van der Waals surface area (Å²) in [5.74, 6) is 0.376. The molecule has 146 valence electrons. The van der Waals surface area contributed by atoms with E-state index in [4.69, 9.17) is 4.74 Å². The van der Waals surface area contributed by atoms with Crippen LogP contribution in [0.3, 0.4) is 0 Å². The molecule has 2 rings (SSSR count). The average molecular weight is 388 g/mol. The molecule has 4 nitrogen and oxygen atoms in total. The minimum absolute atomic E-state index is 0.258. The Kier molecular flexibility index (Phi) is 6.76. The van der Waals surface area contributed by atoms with Crippen LogP contribution in [0.2, 0.25) is 0 Å². The van der Waals surface area contributed by atoms with Gasteiger partial charge in [0.1, 0.15) is 11.5 Å². The van der Waals surface area contributed by atoms with Crippen molar-refractivity contribution in [2.75, 3.05) is 0 Å². The van der Waals surface area contributed by atoms with Gasteiger partial charge in [0.05, 0.1) is 5.56 Å². The summed E-state index contributed by atoms with van der Waals surface area (Å²) in [6.45, 7) is 9.05. The molecule has 0 aliphatic carbocycles. The highest BCUT2D eigenvalue weighted by atomic mass is 19.4. The first-order chi connectivity index (χ1) is 13.3. The molecule has 2 aromatic rings. The van der Waals surface area contributed by atoms with Crippen molar-refractivity contribution >= 4 is 12.1 Å². The monoisotopic (exact) mass is 388 g/mol. The number of nitrogens with zero attached hydrogens (tertiary/aromatic N) is 1. The van der Waals surface area contributed by atoms with Gasteiger partial charge in [0, 0.05) is 24.5 Å². The number of benzene rings is 2. The molecule has 1 N–H and O–H groups in total. The van der Waals surface area contributed by atoms with Gasteiger partial charge in [-0.3, -0.25) is 9.79 Å². The van der Waals surface area contributed by atoms with Gasteiger partial charge in [-0.15, -0.1) is 0 Å². The van der Waals surface area contributed by atoms with Gasteiger partial charge < -0.3 is 10.1 Å². The number of carbonyl (C=O) groups is 1. The molecule has 0 aromatic heterocycles. The number of ether oxygens (including phenoxy) is 1. The third-order valence-corrected chi connectivity index (χ3v) is 3.94. The van der Waals surface area contributed by atoms with Gasteiger partial charge in [0.25, 0.3) is 0 Å². The summed E-state index contributed by atoms with van der Waals surface area (Å²) in [5.41, 5.74) is 1.52. The lowest BCUT2D eigenvalue weighted by molar-refractivity contribution is -0.137. The highest BCUT2D eigenvalue weighted by Gasteiger charge is 2.30. The summed E-state index contributed by atoms with van der Waals surface area (Å²) < 4.78 is 43.9. The summed E-state index contributed by atoms with van der Waals surface area (Å²) in [7, 11) is 0. The molecule has 7 heteroatoms. The maximum Gasteiger partial charge on any atom is 0.416 e. The van der Waals surface area contributed by atoms with E-state index in [0.29, 0.717) is 11.3 Å². The van der Waals surface area contributed by atoms with Crippen LogP contribution >= 0.6 is 0 Å². The van der Waals surface area contributed by atoms with Crippen LogP contribution in [0.5, 0.6) is 11.5 Å². The maximum atomic E-state index is 12.7. The third-order valence-electron chi connectivity index (χ3n) is 3.94. The average Bonchev–Trinajstić information content (AvgIpc) is 2.66. The number of alkyl halides is 3. The fourth-order valence-corrected chi connectivity index (χ4v) is 2.41.